The van der Waals surface area contributed by atoms with Gasteiger partial charge in [0.1, 0.15) is 5.82 Å². The Morgan fingerprint density at radius 3 is 2.25 bits per heavy atom. The summed E-state index contributed by atoms with van der Waals surface area (Å²) in [5, 5.41) is 11.8. The van der Waals surface area contributed by atoms with E-state index < -0.39 is 0 Å². The van der Waals surface area contributed by atoms with Gasteiger partial charge >= 0.3 is 0 Å². The van der Waals surface area contributed by atoms with Crippen LogP contribution in [0.15, 0.2) is 48.5 Å². The zero-order valence-electron chi connectivity index (χ0n) is 13.8. The lowest BCUT2D eigenvalue weighted by Crippen LogP contribution is -2.33. The number of thioether (sulfide) groups is 1. The molecule has 0 aliphatic heterocycles. The quantitative estimate of drug-likeness (QED) is 0.800. The van der Waals surface area contributed by atoms with E-state index >= 15 is 0 Å². The van der Waals surface area contributed by atoms with Crippen LogP contribution < -0.4 is 5.32 Å². The third-order valence-corrected chi connectivity index (χ3v) is 5.02. The van der Waals surface area contributed by atoms with Gasteiger partial charge in [-0.1, -0.05) is 36.4 Å². The second-order valence-electron chi connectivity index (χ2n) is 5.71. The maximum atomic E-state index is 12.9. The smallest absolute Gasteiger partial charge is 0.233 e. The summed E-state index contributed by atoms with van der Waals surface area (Å²) in [6.45, 7) is 3.79. The van der Waals surface area contributed by atoms with E-state index in [2.05, 4.69) is 5.32 Å². The highest BCUT2D eigenvalue weighted by atomic mass is 32.2. The maximum Gasteiger partial charge on any atom is 0.233 e. The molecule has 0 aliphatic carbocycles. The molecule has 2 rings (SSSR count). The van der Waals surface area contributed by atoms with E-state index in [1.807, 2.05) is 38.1 Å². The summed E-state index contributed by atoms with van der Waals surface area (Å²) >= 11 is 1.56. The Morgan fingerprint density at radius 1 is 1.08 bits per heavy atom. The average molecular weight is 347 g/mol. The first-order valence-electron chi connectivity index (χ1n) is 7.85. The lowest BCUT2D eigenvalue weighted by molar-refractivity contribution is -0.120. The van der Waals surface area contributed by atoms with E-state index in [-0.39, 0.29) is 29.6 Å². The summed E-state index contributed by atoms with van der Waals surface area (Å²) in [4.78, 5) is 12.3. The molecule has 5 heteroatoms. The first-order chi connectivity index (χ1) is 11.5. The van der Waals surface area contributed by atoms with Crippen molar-refractivity contribution in [3.8, 4) is 0 Å². The summed E-state index contributed by atoms with van der Waals surface area (Å²) in [6, 6.07) is 13.7. The molecule has 0 aromatic heterocycles. The Balaban J connectivity index is 1.83. The van der Waals surface area contributed by atoms with E-state index in [4.69, 9.17) is 5.11 Å². The number of aliphatic hydroxyl groups excluding tert-OH is 1. The largest absolute Gasteiger partial charge is 0.392 e. The van der Waals surface area contributed by atoms with Crippen molar-refractivity contribution < 1.29 is 14.3 Å². The van der Waals surface area contributed by atoms with Crippen molar-refractivity contribution in [1.29, 1.82) is 0 Å². The van der Waals surface area contributed by atoms with Crippen LogP contribution in [0, 0.1) is 5.82 Å². The molecule has 24 heavy (non-hydrogen) atoms. The Labute approximate surface area is 146 Å². The minimum atomic E-state index is -0.284. The lowest BCUT2D eigenvalue weighted by atomic mass is 10.1. The van der Waals surface area contributed by atoms with Crippen LogP contribution in [-0.2, 0) is 17.2 Å². The highest BCUT2D eigenvalue weighted by molar-refractivity contribution is 7.99. The number of hydrogen-bond acceptors (Lipinski definition) is 3. The van der Waals surface area contributed by atoms with Crippen molar-refractivity contribution in [1.82, 2.24) is 5.32 Å². The van der Waals surface area contributed by atoms with Crippen LogP contribution in [0.1, 0.15) is 36.6 Å². The van der Waals surface area contributed by atoms with Crippen LogP contribution in [-0.4, -0.2) is 16.3 Å². The van der Waals surface area contributed by atoms with Gasteiger partial charge < -0.3 is 10.4 Å². The van der Waals surface area contributed by atoms with Gasteiger partial charge in [0.15, 0.2) is 0 Å². The van der Waals surface area contributed by atoms with Crippen LogP contribution >= 0.6 is 11.8 Å². The number of rotatable bonds is 7. The normalized spacial score (nSPS) is 13.3. The molecule has 1 amide bonds. The minimum absolute atomic E-state index is 0.0352. The first-order valence-corrected chi connectivity index (χ1v) is 8.90. The molecule has 0 saturated carbocycles. The maximum absolute atomic E-state index is 12.9. The van der Waals surface area contributed by atoms with Crippen LogP contribution in [0.2, 0.25) is 0 Å². The van der Waals surface area contributed by atoms with Gasteiger partial charge in [0, 0.05) is 5.75 Å². The fraction of sp³-hybridized carbons (Fsp3) is 0.316. The third-order valence-electron chi connectivity index (χ3n) is 3.80. The van der Waals surface area contributed by atoms with Crippen molar-refractivity contribution >= 4 is 17.7 Å². The third kappa shape index (κ3) is 5.35. The summed E-state index contributed by atoms with van der Waals surface area (Å²) in [5.74, 6) is 0.405. The average Bonchev–Trinajstić information content (AvgIpc) is 2.60. The van der Waals surface area contributed by atoms with Gasteiger partial charge in [-0.05, 0) is 42.7 Å². The highest BCUT2D eigenvalue weighted by Crippen LogP contribution is 2.20. The summed E-state index contributed by atoms with van der Waals surface area (Å²) in [7, 11) is 0. The summed E-state index contributed by atoms with van der Waals surface area (Å²) in [5.41, 5.74) is 2.87. The second-order valence-corrected chi connectivity index (χ2v) is 7.04. The molecule has 0 spiro atoms. The molecule has 128 valence electrons. The van der Waals surface area contributed by atoms with Gasteiger partial charge in [-0.3, -0.25) is 4.79 Å². The minimum Gasteiger partial charge on any atom is -0.392 e. The van der Waals surface area contributed by atoms with E-state index in [0.29, 0.717) is 0 Å². The number of hydrogen-bond donors (Lipinski definition) is 2. The second kappa shape index (κ2) is 8.85. The first kappa shape index (κ1) is 18.5. The van der Waals surface area contributed by atoms with Crippen LogP contribution in [0.25, 0.3) is 0 Å². The van der Waals surface area contributed by atoms with Crippen molar-refractivity contribution in [2.24, 2.45) is 0 Å². The van der Waals surface area contributed by atoms with Crippen molar-refractivity contribution in [3.63, 3.8) is 0 Å². The molecular formula is C19H22FNO2S. The Kier molecular flexibility index (Phi) is 6.82. The molecule has 2 N–H and O–H groups in total. The van der Waals surface area contributed by atoms with Crippen LogP contribution in [0.4, 0.5) is 4.39 Å². The van der Waals surface area contributed by atoms with Gasteiger partial charge in [-0.15, -0.1) is 11.8 Å². The zero-order valence-corrected chi connectivity index (χ0v) is 14.6. The highest BCUT2D eigenvalue weighted by Gasteiger charge is 2.16. The molecule has 3 nitrogen and oxygen atoms in total. The predicted molar refractivity (Wildman–Crippen MR) is 96.1 cm³/mol. The number of carbonyl (C=O) groups is 1. The number of amides is 1. The topological polar surface area (TPSA) is 49.3 Å². The van der Waals surface area contributed by atoms with Gasteiger partial charge in [0.2, 0.25) is 5.91 Å². The van der Waals surface area contributed by atoms with E-state index in [9.17, 15) is 9.18 Å². The summed E-state index contributed by atoms with van der Waals surface area (Å²) in [6.07, 6.45) is 0. The molecular weight excluding hydrogens is 325 g/mol. The number of benzene rings is 2. The Hall–Kier alpha value is -1.85. The van der Waals surface area contributed by atoms with Gasteiger partial charge in [0.25, 0.3) is 0 Å². The van der Waals surface area contributed by atoms with E-state index in [0.717, 1.165) is 22.4 Å². The fourth-order valence-electron chi connectivity index (χ4n) is 2.20. The molecule has 0 fully saturated rings. The van der Waals surface area contributed by atoms with Crippen molar-refractivity contribution in [2.75, 3.05) is 0 Å². The van der Waals surface area contributed by atoms with Gasteiger partial charge in [-0.2, -0.15) is 0 Å². The monoisotopic (exact) mass is 347 g/mol. The molecule has 0 aliphatic rings. The SMILES string of the molecule is CC(SCc1ccc(CO)cc1)C(=O)NC(C)c1ccc(F)cc1. The number of nitrogens with one attached hydrogen (secondary N) is 1. The van der Waals surface area contributed by atoms with Crippen molar-refractivity contribution in [2.45, 2.75) is 37.5 Å². The molecule has 0 radical (unpaired) electrons. The molecule has 2 atom stereocenters. The number of halogens is 1. The lowest BCUT2D eigenvalue weighted by Gasteiger charge is -2.18. The van der Waals surface area contributed by atoms with E-state index in [1.54, 1.807) is 23.9 Å². The van der Waals surface area contributed by atoms with E-state index in [1.165, 1.54) is 12.1 Å². The zero-order chi connectivity index (χ0) is 17.5. The summed E-state index contributed by atoms with van der Waals surface area (Å²) < 4.78 is 12.9. The fourth-order valence-corrected chi connectivity index (χ4v) is 3.06. The Bertz CT molecular complexity index is 658. The van der Waals surface area contributed by atoms with Gasteiger partial charge in [0.05, 0.1) is 17.9 Å². The number of aliphatic hydroxyl groups is 1. The molecule has 0 saturated heterocycles. The van der Waals surface area contributed by atoms with Crippen molar-refractivity contribution in [3.05, 3.63) is 71.0 Å². The van der Waals surface area contributed by atoms with Crippen LogP contribution in [0.3, 0.4) is 0 Å². The molecule has 0 heterocycles. The Morgan fingerprint density at radius 2 is 1.67 bits per heavy atom. The molecule has 2 aromatic rings. The molecule has 2 unspecified atom stereocenters. The van der Waals surface area contributed by atoms with Crippen LogP contribution in [0.5, 0.6) is 0 Å². The molecule has 0 bridgehead atoms. The number of carbonyl (C=O) groups excluding carboxylic acids is 1. The predicted octanol–water partition coefficient (Wildman–Crippen LogP) is 3.82. The standard InChI is InChI=1S/C19H22FNO2S/c1-13(17-7-9-18(20)10-8-17)21-19(23)14(2)24-12-16-5-3-15(11-22)4-6-16/h3-10,13-14,22H,11-12H2,1-2H3,(H,21,23). The molecule has 2 aromatic carbocycles. The van der Waals surface area contributed by atoms with Gasteiger partial charge in [-0.25, -0.2) is 4.39 Å².